The van der Waals surface area contributed by atoms with Gasteiger partial charge in [-0.2, -0.15) is 0 Å². The van der Waals surface area contributed by atoms with Gasteiger partial charge in [-0.3, -0.25) is 0 Å². The minimum atomic E-state index is 0.346. The Bertz CT molecular complexity index is 377. The number of aromatic nitrogens is 1. The molecule has 1 aliphatic carbocycles. The molecule has 2 rings (SSSR count). The van der Waals surface area contributed by atoms with Crippen LogP contribution in [0.5, 0.6) is 5.88 Å². The Morgan fingerprint density at radius 1 is 1.26 bits per heavy atom. The van der Waals surface area contributed by atoms with Gasteiger partial charge in [0, 0.05) is 18.8 Å². The van der Waals surface area contributed by atoms with Gasteiger partial charge in [0.25, 0.3) is 0 Å². The van der Waals surface area contributed by atoms with Gasteiger partial charge >= 0.3 is 0 Å². The fraction of sp³-hybridized carbons (Fsp3) is 0.688. The predicted molar refractivity (Wildman–Crippen MR) is 78.2 cm³/mol. The molecule has 3 atom stereocenters. The summed E-state index contributed by atoms with van der Waals surface area (Å²) in [5.74, 6) is 2.36. The predicted octanol–water partition coefficient (Wildman–Crippen LogP) is 3.39. The van der Waals surface area contributed by atoms with Crippen LogP contribution in [0.15, 0.2) is 18.3 Å². The van der Waals surface area contributed by atoms with Crippen molar-refractivity contribution in [1.29, 1.82) is 0 Å². The highest BCUT2D eigenvalue weighted by Gasteiger charge is 2.25. The summed E-state index contributed by atoms with van der Waals surface area (Å²) in [6.45, 7) is 8.64. The molecule has 0 aliphatic heterocycles. The average Bonchev–Trinajstić information content (AvgIpc) is 2.42. The number of ether oxygens (including phenoxy) is 1. The molecule has 1 N–H and O–H groups in total. The molecule has 0 amide bonds. The van der Waals surface area contributed by atoms with Gasteiger partial charge in [0.15, 0.2) is 0 Å². The van der Waals surface area contributed by atoms with Crippen LogP contribution < -0.4 is 10.1 Å². The summed E-state index contributed by atoms with van der Waals surface area (Å²) in [7, 11) is 0. The summed E-state index contributed by atoms with van der Waals surface area (Å²) >= 11 is 0. The average molecular weight is 262 g/mol. The Hall–Kier alpha value is -1.09. The van der Waals surface area contributed by atoms with Crippen LogP contribution in [-0.2, 0) is 6.54 Å². The lowest BCUT2D eigenvalue weighted by Crippen LogP contribution is -2.29. The Morgan fingerprint density at radius 3 is 2.74 bits per heavy atom. The van der Waals surface area contributed by atoms with E-state index in [1.54, 1.807) is 0 Å². The number of rotatable bonds is 5. The lowest BCUT2D eigenvalue weighted by molar-refractivity contribution is 0.0964. The van der Waals surface area contributed by atoms with Gasteiger partial charge < -0.3 is 10.1 Å². The Balaban J connectivity index is 1.85. The summed E-state index contributed by atoms with van der Waals surface area (Å²) in [4.78, 5) is 4.41. The first-order valence-electron chi connectivity index (χ1n) is 7.51. The minimum Gasteiger partial charge on any atom is -0.474 e. The number of nitrogens with one attached hydrogen (secondary N) is 1. The van der Waals surface area contributed by atoms with Crippen molar-refractivity contribution in [3.05, 3.63) is 23.9 Å². The molecule has 0 bridgehead atoms. The maximum Gasteiger partial charge on any atom is 0.213 e. The number of nitrogens with zero attached hydrogens (tertiary/aromatic N) is 1. The van der Waals surface area contributed by atoms with Gasteiger partial charge in [0.05, 0.1) is 0 Å². The first-order valence-corrected chi connectivity index (χ1v) is 7.51. The van der Waals surface area contributed by atoms with Gasteiger partial charge in [-0.1, -0.05) is 26.8 Å². The van der Waals surface area contributed by atoms with Crippen molar-refractivity contribution in [2.75, 3.05) is 6.54 Å². The highest BCUT2D eigenvalue weighted by Crippen LogP contribution is 2.31. The summed E-state index contributed by atoms with van der Waals surface area (Å²) in [6.07, 6.45) is 5.84. The lowest BCUT2D eigenvalue weighted by atomic mass is 9.80. The minimum absolute atomic E-state index is 0.346. The summed E-state index contributed by atoms with van der Waals surface area (Å²) in [6, 6.07) is 4.09. The monoisotopic (exact) mass is 262 g/mol. The SMILES string of the molecule is CCNCc1ccc(OC2CCC(C)C(C)C2)nc1. The Labute approximate surface area is 116 Å². The zero-order valence-electron chi connectivity index (χ0n) is 12.4. The van der Waals surface area contributed by atoms with Crippen molar-refractivity contribution in [3.8, 4) is 5.88 Å². The molecule has 3 heteroatoms. The van der Waals surface area contributed by atoms with Crippen LogP contribution in [0, 0.1) is 11.8 Å². The third kappa shape index (κ3) is 4.20. The molecule has 1 aromatic rings. The van der Waals surface area contributed by atoms with E-state index in [0.29, 0.717) is 6.10 Å². The van der Waals surface area contributed by atoms with Gasteiger partial charge in [-0.25, -0.2) is 4.98 Å². The van der Waals surface area contributed by atoms with Crippen LogP contribution >= 0.6 is 0 Å². The Morgan fingerprint density at radius 2 is 2.11 bits per heavy atom. The van der Waals surface area contributed by atoms with E-state index >= 15 is 0 Å². The van der Waals surface area contributed by atoms with E-state index in [1.807, 2.05) is 12.3 Å². The molecule has 3 unspecified atom stereocenters. The van der Waals surface area contributed by atoms with Crippen LogP contribution in [0.1, 0.15) is 45.6 Å². The second-order valence-corrected chi connectivity index (χ2v) is 5.79. The van der Waals surface area contributed by atoms with E-state index < -0.39 is 0 Å². The number of hydrogen-bond donors (Lipinski definition) is 1. The molecule has 1 fully saturated rings. The van der Waals surface area contributed by atoms with Gasteiger partial charge in [-0.15, -0.1) is 0 Å². The normalized spacial score (nSPS) is 27.2. The van der Waals surface area contributed by atoms with E-state index in [2.05, 4.69) is 37.1 Å². The third-order valence-corrected chi connectivity index (χ3v) is 4.21. The molecule has 0 spiro atoms. The standard InChI is InChI=1S/C16H26N2O/c1-4-17-10-14-6-8-16(18-11-14)19-15-7-5-12(2)13(3)9-15/h6,8,11-13,15,17H,4-5,7,9-10H2,1-3H3. The lowest BCUT2D eigenvalue weighted by Gasteiger charge is -2.31. The summed E-state index contributed by atoms with van der Waals surface area (Å²) < 4.78 is 6.00. The quantitative estimate of drug-likeness (QED) is 0.883. The van der Waals surface area contributed by atoms with Crippen LogP contribution in [0.4, 0.5) is 0 Å². The van der Waals surface area contributed by atoms with Gasteiger partial charge in [0.1, 0.15) is 6.10 Å². The van der Waals surface area contributed by atoms with Crippen LogP contribution in [-0.4, -0.2) is 17.6 Å². The fourth-order valence-corrected chi connectivity index (χ4v) is 2.63. The molecular formula is C16H26N2O. The molecule has 1 heterocycles. The zero-order chi connectivity index (χ0) is 13.7. The molecule has 106 valence electrons. The van der Waals surface area contributed by atoms with E-state index in [0.717, 1.165) is 43.6 Å². The van der Waals surface area contributed by atoms with Crippen LogP contribution in [0.25, 0.3) is 0 Å². The maximum absolute atomic E-state index is 6.00. The molecule has 1 aromatic heterocycles. The fourth-order valence-electron chi connectivity index (χ4n) is 2.63. The number of hydrogen-bond acceptors (Lipinski definition) is 3. The van der Waals surface area contributed by atoms with E-state index in [-0.39, 0.29) is 0 Å². The van der Waals surface area contributed by atoms with Crippen molar-refractivity contribution in [2.45, 2.75) is 52.7 Å². The molecule has 0 saturated heterocycles. The van der Waals surface area contributed by atoms with Crippen molar-refractivity contribution in [1.82, 2.24) is 10.3 Å². The molecular weight excluding hydrogens is 236 g/mol. The highest BCUT2D eigenvalue weighted by atomic mass is 16.5. The highest BCUT2D eigenvalue weighted by molar-refractivity contribution is 5.18. The molecule has 19 heavy (non-hydrogen) atoms. The van der Waals surface area contributed by atoms with Crippen molar-refractivity contribution in [2.24, 2.45) is 11.8 Å². The van der Waals surface area contributed by atoms with Crippen LogP contribution in [0.2, 0.25) is 0 Å². The van der Waals surface area contributed by atoms with E-state index in [9.17, 15) is 0 Å². The first kappa shape index (κ1) is 14.3. The largest absolute Gasteiger partial charge is 0.474 e. The summed E-state index contributed by atoms with van der Waals surface area (Å²) in [5.41, 5.74) is 1.21. The van der Waals surface area contributed by atoms with Crippen LogP contribution in [0.3, 0.4) is 0 Å². The summed E-state index contributed by atoms with van der Waals surface area (Å²) in [5, 5.41) is 3.30. The smallest absolute Gasteiger partial charge is 0.213 e. The molecule has 0 aromatic carbocycles. The zero-order valence-corrected chi connectivity index (χ0v) is 12.4. The van der Waals surface area contributed by atoms with E-state index in [1.165, 1.54) is 12.0 Å². The second kappa shape index (κ2) is 6.90. The van der Waals surface area contributed by atoms with Crippen molar-refractivity contribution < 1.29 is 4.74 Å². The topological polar surface area (TPSA) is 34.1 Å². The van der Waals surface area contributed by atoms with E-state index in [4.69, 9.17) is 4.74 Å². The molecule has 1 saturated carbocycles. The molecule has 3 nitrogen and oxygen atoms in total. The van der Waals surface area contributed by atoms with Crippen molar-refractivity contribution >= 4 is 0 Å². The number of pyridine rings is 1. The maximum atomic E-state index is 6.00. The third-order valence-electron chi connectivity index (χ3n) is 4.21. The van der Waals surface area contributed by atoms with Crippen molar-refractivity contribution in [3.63, 3.8) is 0 Å². The van der Waals surface area contributed by atoms with Gasteiger partial charge in [-0.05, 0) is 43.2 Å². The second-order valence-electron chi connectivity index (χ2n) is 5.79. The molecule has 1 aliphatic rings. The first-order chi connectivity index (χ1) is 9.19. The Kier molecular flexibility index (Phi) is 5.20. The molecule has 0 radical (unpaired) electrons. The van der Waals surface area contributed by atoms with Gasteiger partial charge in [0.2, 0.25) is 5.88 Å².